The first-order chi connectivity index (χ1) is 11.7. The van der Waals surface area contributed by atoms with Gasteiger partial charge in [0.05, 0.1) is 0 Å². The predicted molar refractivity (Wildman–Crippen MR) is 68.2 cm³/mol. The van der Waals surface area contributed by atoms with Crippen LogP contribution in [0, 0.1) is 0 Å². The fourth-order valence-electron chi connectivity index (χ4n) is 1.54. The van der Waals surface area contributed by atoms with Gasteiger partial charge in [0.1, 0.15) is 0 Å². The van der Waals surface area contributed by atoms with Crippen LogP contribution in [0.25, 0.3) is 23.0 Å². The predicted octanol–water partition coefficient (Wildman–Crippen LogP) is 0.132. The van der Waals surface area contributed by atoms with Gasteiger partial charge in [-0.05, 0) is 20.6 Å². The zero-order valence-corrected chi connectivity index (χ0v) is 11.3. The van der Waals surface area contributed by atoms with Crippen LogP contribution >= 0.6 is 0 Å². The molecule has 24 heavy (non-hydrogen) atoms. The molecule has 0 bridgehead atoms. The molecule has 0 radical (unpaired) electrons. The van der Waals surface area contributed by atoms with E-state index in [-0.39, 0.29) is 46.7 Å². The van der Waals surface area contributed by atoms with Crippen molar-refractivity contribution < 1.29 is 18.3 Å². The lowest BCUT2D eigenvalue weighted by molar-refractivity contribution is 0.308. The van der Waals surface area contributed by atoms with Crippen LogP contribution < -0.4 is 11.5 Å². The lowest BCUT2D eigenvalue weighted by Crippen LogP contribution is -1.85. The third-order valence-corrected chi connectivity index (χ3v) is 2.49. The van der Waals surface area contributed by atoms with Crippen molar-refractivity contribution in [3.63, 3.8) is 0 Å². The van der Waals surface area contributed by atoms with E-state index < -0.39 is 0 Å². The summed E-state index contributed by atoms with van der Waals surface area (Å²) in [7, 11) is 0. The van der Waals surface area contributed by atoms with Crippen LogP contribution in [0.4, 0.5) is 23.7 Å². The van der Waals surface area contributed by atoms with E-state index in [9.17, 15) is 0 Å². The van der Waals surface area contributed by atoms with E-state index >= 15 is 0 Å². The number of hydrogen-bond donors (Lipinski definition) is 2. The molecule has 0 aliphatic rings. The molecule has 4 N–H and O–H groups in total. The summed E-state index contributed by atoms with van der Waals surface area (Å²) >= 11 is 0. The van der Waals surface area contributed by atoms with Gasteiger partial charge in [-0.25, -0.2) is 9.26 Å². The SMILES string of the molecule is Nc1nc(-c2nonc2N=Nc2nonc2-c2noc(N)n2)no1. The normalized spacial score (nSPS) is 11.5. The topological polar surface area (TPSA) is 232 Å². The lowest BCUT2D eigenvalue weighted by Gasteiger charge is -1.86. The molecule has 0 unspecified atom stereocenters. The highest BCUT2D eigenvalue weighted by molar-refractivity contribution is 5.63. The summed E-state index contributed by atoms with van der Waals surface area (Å²) in [5.41, 5.74) is 10.8. The van der Waals surface area contributed by atoms with E-state index in [4.69, 9.17) is 11.5 Å². The maximum absolute atomic E-state index is 5.34. The van der Waals surface area contributed by atoms with Crippen LogP contribution in [-0.2, 0) is 0 Å². The van der Waals surface area contributed by atoms with E-state index in [1.807, 2.05) is 0 Å². The molecule has 120 valence electrons. The largest absolute Gasteiger partial charge is 0.351 e. The highest BCUT2D eigenvalue weighted by Gasteiger charge is 2.20. The minimum absolute atomic E-state index is 0.0205. The Labute approximate surface area is 128 Å². The minimum atomic E-state index is -0.159. The number of aromatic nitrogens is 8. The molecule has 0 saturated heterocycles. The van der Waals surface area contributed by atoms with Gasteiger partial charge in [-0.2, -0.15) is 9.97 Å². The Morgan fingerprint density at radius 3 is 1.46 bits per heavy atom. The van der Waals surface area contributed by atoms with Crippen molar-refractivity contribution in [3.8, 4) is 23.0 Å². The molecule has 4 rings (SSSR count). The fourth-order valence-corrected chi connectivity index (χ4v) is 1.54. The molecule has 0 aromatic carbocycles. The number of hydrogen-bond acceptors (Lipinski definition) is 16. The van der Waals surface area contributed by atoms with Crippen LogP contribution in [0.2, 0.25) is 0 Å². The van der Waals surface area contributed by atoms with E-state index in [0.717, 1.165) is 0 Å². The van der Waals surface area contributed by atoms with Gasteiger partial charge in [0.15, 0.2) is 0 Å². The second-order valence-corrected chi connectivity index (χ2v) is 3.99. The second-order valence-electron chi connectivity index (χ2n) is 3.99. The summed E-state index contributed by atoms with van der Waals surface area (Å²) < 4.78 is 18.4. The zero-order chi connectivity index (χ0) is 16.5. The molecule has 0 saturated carbocycles. The van der Waals surface area contributed by atoms with E-state index in [1.54, 1.807) is 0 Å². The molecule has 0 spiro atoms. The first kappa shape index (κ1) is 13.4. The lowest BCUT2D eigenvalue weighted by atomic mass is 10.4. The van der Waals surface area contributed by atoms with Gasteiger partial charge >= 0.3 is 12.0 Å². The van der Waals surface area contributed by atoms with Gasteiger partial charge in [0.25, 0.3) is 0 Å². The molecule has 4 heterocycles. The number of anilines is 2. The second kappa shape index (κ2) is 5.19. The van der Waals surface area contributed by atoms with Crippen molar-refractivity contribution in [1.82, 2.24) is 40.9 Å². The summed E-state index contributed by atoms with van der Waals surface area (Å²) in [6.07, 6.45) is 0. The minimum Gasteiger partial charge on any atom is -0.351 e. The van der Waals surface area contributed by atoms with Crippen LogP contribution in [0.15, 0.2) is 28.5 Å². The van der Waals surface area contributed by atoms with Crippen LogP contribution in [0.3, 0.4) is 0 Å². The van der Waals surface area contributed by atoms with Gasteiger partial charge in [0.2, 0.25) is 34.7 Å². The number of azo groups is 1. The monoisotopic (exact) mass is 332 g/mol. The van der Waals surface area contributed by atoms with Crippen molar-refractivity contribution in [1.29, 1.82) is 0 Å². The number of nitrogens with two attached hydrogens (primary N) is 2. The van der Waals surface area contributed by atoms with Crippen molar-refractivity contribution in [2.24, 2.45) is 10.2 Å². The highest BCUT2D eigenvalue weighted by Crippen LogP contribution is 2.29. The van der Waals surface area contributed by atoms with Crippen molar-refractivity contribution in [3.05, 3.63) is 0 Å². The van der Waals surface area contributed by atoms with Crippen LogP contribution in [-0.4, -0.2) is 40.9 Å². The third kappa shape index (κ3) is 2.28. The van der Waals surface area contributed by atoms with Gasteiger partial charge in [-0.3, -0.25) is 0 Å². The first-order valence-electron chi connectivity index (χ1n) is 5.96. The first-order valence-corrected chi connectivity index (χ1v) is 5.96. The van der Waals surface area contributed by atoms with E-state index in [2.05, 4.69) is 69.4 Å². The maximum Gasteiger partial charge on any atom is 0.319 e. The Bertz CT molecular complexity index is 929. The van der Waals surface area contributed by atoms with Crippen molar-refractivity contribution in [2.45, 2.75) is 0 Å². The van der Waals surface area contributed by atoms with Crippen molar-refractivity contribution >= 4 is 23.7 Å². The molecule has 16 heteroatoms. The van der Waals surface area contributed by atoms with E-state index in [0.29, 0.717) is 0 Å². The molecule has 16 nitrogen and oxygen atoms in total. The maximum atomic E-state index is 5.34. The molecular weight excluding hydrogens is 328 g/mol. The third-order valence-electron chi connectivity index (χ3n) is 2.49. The summed E-state index contributed by atoms with van der Waals surface area (Å²) in [6, 6.07) is -0.317. The molecule has 0 aliphatic carbocycles. The Morgan fingerprint density at radius 1 is 0.625 bits per heavy atom. The molecule has 0 aliphatic heterocycles. The molecule has 0 atom stereocenters. The van der Waals surface area contributed by atoms with Gasteiger partial charge in [0, 0.05) is 0 Å². The Kier molecular flexibility index (Phi) is 2.90. The molecule has 4 aromatic rings. The van der Waals surface area contributed by atoms with Gasteiger partial charge in [-0.15, -0.1) is 10.2 Å². The summed E-state index contributed by atoms with van der Waals surface area (Å²) in [5.74, 6) is -0.0750. The fraction of sp³-hybridized carbons (Fsp3) is 0. The highest BCUT2D eigenvalue weighted by atomic mass is 16.6. The zero-order valence-electron chi connectivity index (χ0n) is 11.3. The summed E-state index contributed by atoms with van der Waals surface area (Å²) in [5, 5.41) is 29.0. The summed E-state index contributed by atoms with van der Waals surface area (Å²) in [4.78, 5) is 7.54. The van der Waals surface area contributed by atoms with Gasteiger partial charge in [-0.1, -0.05) is 10.3 Å². The molecule has 0 fully saturated rings. The molecule has 0 amide bonds. The Morgan fingerprint density at radius 2 is 1.08 bits per heavy atom. The van der Waals surface area contributed by atoms with Crippen LogP contribution in [0.5, 0.6) is 0 Å². The van der Waals surface area contributed by atoms with Crippen LogP contribution in [0.1, 0.15) is 0 Å². The standard InChI is InChI=1S/C8H4N12O4/c9-7-11-3(17-21-7)1-5(19-23-15-1)13-14-6-2(16-24-20-6)4-12-8(10)22-18-4/h(H2,9,11,17)(H2,10,12,18). The smallest absolute Gasteiger partial charge is 0.319 e. The molecule has 4 aromatic heterocycles. The number of rotatable bonds is 4. The van der Waals surface area contributed by atoms with E-state index in [1.165, 1.54) is 0 Å². The quantitative estimate of drug-likeness (QED) is 0.472. The number of nitrogens with zero attached hydrogens (tertiary/aromatic N) is 10. The van der Waals surface area contributed by atoms with Crippen molar-refractivity contribution in [2.75, 3.05) is 11.5 Å². The van der Waals surface area contributed by atoms with Gasteiger partial charge < -0.3 is 20.5 Å². The summed E-state index contributed by atoms with van der Waals surface area (Å²) in [6.45, 7) is 0. The Hall–Kier alpha value is -4.24. The molecular formula is C8H4N12O4. The Balaban J connectivity index is 1.66. The average molecular weight is 332 g/mol. The average Bonchev–Trinajstić information content (AvgIpc) is 3.31. The number of nitrogen functional groups attached to an aromatic ring is 2.